The average Bonchev–Trinajstić information content (AvgIpc) is 3.53. The summed E-state index contributed by atoms with van der Waals surface area (Å²) in [7, 11) is 0. The molecule has 11 heteroatoms. The lowest BCUT2D eigenvalue weighted by atomic mass is 9.79. The van der Waals surface area contributed by atoms with Gasteiger partial charge in [-0.2, -0.15) is 15.3 Å². The summed E-state index contributed by atoms with van der Waals surface area (Å²) in [6, 6.07) is 2.28. The number of aromatic amines is 1. The lowest BCUT2D eigenvalue weighted by molar-refractivity contribution is -0.119. The summed E-state index contributed by atoms with van der Waals surface area (Å²) < 4.78 is 3.26. The van der Waals surface area contributed by atoms with Gasteiger partial charge in [0, 0.05) is 30.2 Å². The normalized spacial score (nSPS) is 19.6. The van der Waals surface area contributed by atoms with Gasteiger partial charge in [-0.25, -0.2) is 5.10 Å². The highest BCUT2D eigenvalue weighted by Gasteiger charge is 2.33. The van der Waals surface area contributed by atoms with Crippen molar-refractivity contribution in [3.05, 3.63) is 58.5 Å². The summed E-state index contributed by atoms with van der Waals surface area (Å²) in [4.78, 5) is 38.8. The Balaban J connectivity index is 1.51. The molecule has 0 spiro atoms. The molecule has 0 saturated heterocycles. The summed E-state index contributed by atoms with van der Waals surface area (Å²) in [5.41, 5.74) is 1.14. The Morgan fingerprint density at radius 2 is 1.83 bits per heavy atom. The first kappa shape index (κ1) is 25.3. The van der Waals surface area contributed by atoms with E-state index >= 15 is 0 Å². The van der Waals surface area contributed by atoms with E-state index in [9.17, 15) is 14.4 Å². The fourth-order valence-electron chi connectivity index (χ4n) is 4.80. The van der Waals surface area contributed by atoms with Crippen LogP contribution < -0.4 is 16.2 Å². The molecular formula is C25H34N8O3. The smallest absolute Gasteiger partial charge is 0.270 e. The van der Waals surface area contributed by atoms with Gasteiger partial charge in [0.25, 0.3) is 11.5 Å². The largest absolute Gasteiger partial charge is 0.339 e. The van der Waals surface area contributed by atoms with Crippen molar-refractivity contribution >= 4 is 17.5 Å². The lowest BCUT2D eigenvalue weighted by Crippen LogP contribution is -2.49. The molecule has 11 nitrogen and oxygen atoms in total. The second-order valence-electron chi connectivity index (χ2n) is 9.94. The number of nitrogens with one attached hydrogen (secondary N) is 3. The molecule has 0 aromatic carbocycles. The molecule has 0 aliphatic heterocycles. The number of amides is 2. The molecule has 0 bridgehead atoms. The number of aromatic nitrogens is 6. The van der Waals surface area contributed by atoms with Gasteiger partial charge in [0.05, 0.1) is 17.9 Å². The van der Waals surface area contributed by atoms with Crippen LogP contribution in [0.1, 0.15) is 81.5 Å². The second-order valence-corrected chi connectivity index (χ2v) is 9.94. The van der Waals surface area contributed by atoms with E-state index in [-0.39, 0.29) is 35.4 Å². The zero-order valence-electron chi connectivity index (χ0n) is 21.1. The summed E-state index contributed by atoms with van der Waals surface area (Å²) in [5, 5.41) is 20.6. The summed E-state index contributed by atoms with van der Waals surface area (Å²) in [6.45, 7) is 7.96. The molecular weight excluding hydrogens is 460 g/mol. The van der Waals surface area contributed by atoms with Crippen LogP contribution in [0, 0.1) is 11.8 Å². The first-order valence-corrected chi connectivity index (χ1v) is 12.5. The number of H-pyrrole nitrogens is 1. The van der Waals surface area contributed by atoms with Crippen molar-refractivity contribution in [1.29, 1.82) is 0 Å². The molecule has 2 atom stereocenters. The fraction of sp³-hybridized carbons (Fsp3) is 0.520. The molecule has 1 fully saturated rings. The Labute approximate surface area is 209 Å². The van der Waals surface area contributed by atoms with Crippen LogP contribution in [-0.4, -0.2) is 47.6 Å². The van der Waals surface area contributed by atoms with Crippen LogP contribution in [-0.2, 0) is 4.79 Å². The quantitative estimate of drug-likeness (QED) is 0.440. The minimum absolute atomic E-state index is 0.0176. The van der Waals surface area contributed by atoms with Crippen LogP contribution in [0.15, 0.2) is 41.7 Å². The van der Waals surface area contributed by atoms with Crippen LogP contribution in [0.4, 0.5) is 5.69 Å². The van der Waals surface area contributed by atoms with Crippen molar-refractivity contribution in [1.82, 2.24) is 35.1 Å². The molecule has 1 aliphatic carbocycles. The average molecular weight is 495 g/mol. The maximum absolute atomic E-state index is 13.5. The molecule has 3 N–H and O–H groups in total. The maximum Gasteiger partial charge on any atom is 0.270 e. The highest BCUT2D eigenvalue weighted by atomic mass is 16.2. The van der Waals surface area contributed by atoms with E-state index in [1.807, 2.05) is 20.8 Å². The molecule has 36 heavy (non-hydrogen) atoms. The van der Waals surface area contributed by atoms with Crippen LogP contribution in [0.25, 0.3) is 0 Å². The fourth-order valence-corrected chi connectivity index (χ4v) is 4.80. The summed E-state index contributed by atoms with van der Waals surface area (Å²) in [5.74, 6) is 0.0395. The van der Waals surface area contributed by atoms with Gasteiger partial charge in [0.1, 0.15) is 11.7 Å². The number of carbonyl (C=O) groups excluding carboxylic acids is 2. The zero-order valence-corrected chi connectivity index (χ0v) is 21.1. The molecule has 3 heterocycles. The van der Waals surface area contributed by atoms with Crippen LogP contribution in [0.3, 0.4) is 0 Å². The van der Waals surface area contributed by atoms with E-state index in [0.717, 1.165) is 25.7 Å². The number of hydrogen-bond donors (Lipinski definition) is 3. The minimum atomic E-state index is -0.690. The second kappa shape index (κ2) is 10.9. The van der Waals surface area contributed by atoms with E-state index in [1.165, 1.54) is 6.20 Å². The SMILES string of the molecule is CC1CCC(C(NC(=O)c2ccnn2C(C)C)C(=O)Nc2cnn(C(C)c3ccn[nH]c3=O)c2)CC1. The van der Waals surface area contributed by atoms with E-state index < -0.39 is 6.04 Å². The number of rotatable bonds is 8. The maximum atomic E-state index is 13.5. The third-order valence-corrected chi connectivity index (χ3v) is 6.97. The van der Waals surface area contributed by atoms with E-state index in [2.05, 4.69) is 38.0 Å². The Morgan fingerprint density at radius 1 is 1.08 bits per heavy atom. The third kappa shape index (κ3) is 5.55. The van der Waals surface area contributed by atoms with Crippen molar-refractivity contribution in [2.45, 2.75) is 71.5 Å². The predicted molar refractivity (Wildman–Crippen MR) is 135 cm³/mol. The lowest BCUT2D eigenvalue weighted by Gasteiger charge is -2.32. The Kier molecular flexibility index (Phi) is 7.66. The van der Waals surface area contributed by atoms with Gasteiger partial charge in [-0.05, 0) is 57.6 Å². The molecule has 4 rings (SSSR count). The molecule has 2 unspecified atom stereocenters. The van der Waals surface area contributed by atoms with Crippen molar-refractivity contribution < 1.29 is 9.59 Å². The Bertz CT molecular complexity index is 1250. The monoisotopic (exact) mass is 494 g/mol. The highest BCUT2D eigenvalue weighted by Crippen LogP contribution is 2.31. The van der Waals surface area contributed by atoms with E-state index in [0.29, 0.717) is 22.9 Å². The molecule has 3 aromatic rings. The standard InChI is InChI=1S/C25H34N8O3/c1-15(2)33-21(10-12-27-33)24(35)30-22(18-7-5-16(3)6-8-18)25(36)29-19-13-28-32(14-19)17(4)20-9-11-26-31-23(20)34/h9-18,22H,5-8H2,1-4H3,(H,29,36)(H,30,35)(H,31,34). The number of anilines is 1. The number of nitrogens with zero attached hydrogens (tertiary/aromatic N) is 5. The first-order valence-electron chi connectivity index (χ1n) is 12.5. The van der Waals surface area contributed by atoms with Gasteiger partial charge in [-0.15, -0.1) is 0 Å². The van der Waals surface area contributed by atoms with Gasteiger partial charge < -0.3 is 10.6 Å². The van der Waals surface area contributed by atoms with Crippen molar-refractivity contribution in [3.8, 4) is 0 Å². The number of carbonyl (C=O) groups is 2. The molecule has 3 aromatic heterocycles. The van der Waals surface area contributed by atoms with Crippen molar-refractivity contribution in [2.24, 2.45) is 11.8 Å². The predicted octanol–water partition coefficient (Wildman–Crippen LogP) is 2.92. The van der Waals surface area contributed by atoms with Gasteiger partial charge in [0.15, 0.2) is 0 Å². The van der Waals surface area contributed by atoms with Gasteiger partial charge in [0.2, 0.25) is 5.91 Å². The minimum Gasteiger partial charge on any atom is -0.339 e. The van der Waals surface area contributed by atoms with E-state index in [4.69, 9.17) is 0 Å². The van der Waals surface area contributed by atoms with Crippen molar-refractivity contribution in [3.63, 3.8) is 0 Å². The van der Waals surface area contributed by atoms with Crippen LogP contribution in [0.2, 0.25) is 0 Å². The summed E-state index contributed by atoms with van der Waals surface area (Å²) >= 11 is 0. The summed E-state index contributed by atoms with van der Waals surface area (Å²) in [6.07, 6.45) is 10.1. The molecule has 0 radical (unpaired) electrons. The Morgan fingerprint density at radius 3 is 2.53 bits per heavy atom. The molecule has 2 amide bonds. The van der Waals surface area contributed by atoms with Crippen LogP contribution in [0.5, 0.6) is 0 Å². The number of hydrogen-bond acceptors (Lipinski definition) is 6. The first-order chi connectivity index (χ1) is 17.2. The van der Waals surface area contributed by atoms with E-state index in [1.54, 1.807) is 40.1 Å². The Hall–Kier alpha value is -3.76. The zero-order chi connectivity index (χ0) is 25.8. The molecule has 192 valence electrons. The van der Waals surface area contributed by atoms with Gasteiger partial charge in [-0.3, -0.25) is 23.7 Å². The molecule has 1 saturated carbocycles. The topological polar surface area (TPSA) is 140 Å². The van der Waals surface area contributed by atoms with Gasteiger partial charge >= 0.3 is 0 Å². The third-order valence-electron chi connectivity index (χ3n) is 6.97. The van der Waals surface area contributed by atoms with Gasteiger partial charge in [-0.1, -0.05) is 19.8 Å². The van der Waals surface area contributed by atoms with Crippen molar-refractivity contribution in [2.75, 3.05) is 5.32 Å². The highest BCUT2D eigenvalue weighted by molar-refractivity contribution is 6.00. The van der Waals surface area contributed by atoms with Crippen LogP contribution >= 0.6 is 0 Å². The molecule has 1 aliphatic rings.